The fourth-order valence-electron chi connectivity index (χ4n) is 5.26. The van der Waals surface area contributed by atoms with E-state index in [4.69, 9.17) is 19.7 Å². The second-order valence-electron chi connectivity index (χ2n) is 9.62. The molecule has 0 spiro atoms. The van der Waals surface area contributed by atoms with Crippen molar-refractivity contribution >= 4 is 33.2 Å². The van der Waals surface area contributed by atoms with Gasteiger partial charge in [-0.3, -0.25) is 13.9 Å². The lowest BCUT2D eigenvalue weighted by atomic mass is 10.1. The first-order valence-corrected chi connectivity index (χ1v) is 13.1. The van der Waals surface area contributed by atoms with E-state index in [-0.39, 0.29) is 11.7 Å². The summed E-state index contributed by atoms with van der Waals surface area (Å²) in [7, 11) is 0. The van der Waals surface area contributed by atoms with Gasteiger partial charge in [0.25, 0.3) is 5.56 Å². The van der Waals surface area contributed by atoms with Gasteiger partial charge in [0, 0.05) is 18.7 Å². The topological polar surface area (TPSA) is 74.8 Å². The lowest BCUT2D eigenvalue weighted by Crippen LogP contribution is -2.30. The summed E-state index contributed by atoms with van der Waals surface area (Å²) in [5.74, 6) is 0.760. The molecule has 3 aromatic heterocycles. The van der Waals surface area contributed by atoms with Crippen molar-refractivity contribution in [2.75, 3.05) is 6.61 Å². The van der Waals surface area contributed by atoms with E-state index >= 15 is 0 Å². The number of aromatic nitrogens is 5. The maximum absolute atomic E-state index is 14.0. The minimum Gasteiger partial charge on any atom is -0.376 e. The summed E-state index contributed by atoms with van der Waals surface area (Å²) in [4.78, 5) is 29.0. The van der Waals surface area contributed by atoms with E-state index < -0.39 is 0 Å². The third-order valence-corrected chi connectivity index (χ3v) is 7.18. The van der Waals surface area contributed by atoms with E-state index in [0.717, 1.165) is 54.8 Å². The highest BCUT2D eigenvalue weighted by Crippen LogP contribution is 2.29. The Bertz CT molecular complexity index is 1610. The van der Waals surface area contributed by atoms with Crippen molar-refractivity contribution in [2.45, 2.75) is 65.0 Å². The average Bonchev–Trinajstić information content (AvgIpc) is 3.53. The molecular formula is C29H31N5O2. The van der Waals surface area contributed by atoms with Gasteiger partial charge in [-0.1, -0.05) is 44.5 Å². The number of benzene rings is 2. The molecule has 1 aliphatic rings. The first-order valence-electron chi connectivity index (χ1n) is 13.1. The fraction of sp³-hybridized carbons (Fsp3) is 0.379. The first kappa shape index (κ1) is 22.9. The van der Waals surface area contributed by atoms with Crippen molar-refractivity contribution in [2.24, 2.45) is 0 Å². The maximum Gasteiger partial charge on any atom is 0.265 e. The second kappa shape index (κ2) is 9.47. The molecule has 4 heterocycles. The number of fused-ring (bicyclic) bond motifs is 4. The lowest BCUT2D eigenvalue weighted by molar-refractivity contribution is 0.0953. The highest BCUT2D eigenvalue weighted by molar-refractivity contribution is 6.05. The Balaban J connectivity index is 1.63. The summed E-state index contributed by atoms with van der Waals surface area (Å²) < 4.78 is 9.66. The van der Waals surface area contributed by atoms with Gasteiger partial charge in [0.15, 0.2) is 11.3 Å². The molecule has 36 heavy (non-hydrogen) atoms. The molecule has 0 bridgehead atoms. The number of hydrogen-bond donors (Lipinski definition) is 0. The standard InChI is InChI=1S/C29H31N5O2/c1-3-5-9-19-13-15-20(16-14-19)34-27-25(26-28(34)31-23-12-7-6-11-22(23)30-26)29(35)33(24(4-2)32-27)18-21-10-8-17-36-21/h6-7,11-16,21H,3-5,8-10,17-18H2,1-2H3. The van der Waals surface area contributed by atoms with Gasteiger partial charge < -0.3 is 4.74 Å². The van der Waals surface area contributed by atoms with Crippen LogP contribution in [0.5, 0.6) is 0 Å². The van der Waals surface area contributed by atoms with Gasteiger partial charge in [-0.15, -0.1) is 0 Å². The van der Waals surface area contributed by atoms with Crippen molar-refractivity contribution in [1.82, 2.24) is 24.1 Å². The van der Waals surface area contributed by atoms with Crippen LogP contribution in [0.25, 0.3) is 38.9 Å². The molecule has 1 aliphatic heterocycles. The largest absolute Gasteiger partial charge is 0.376 e. The summed E-state index contributed by atoms with van der Waals surface area (Å²) in [6.07, 6.45) is 6.07. The van der Waals surface area contributed by atoms with E-state index in [9.17, 15) is 4.79 Å². The molecule has 7 nitrogen and oxygen atoms in total. The summed E-state index contributed by atoms with van der Waals surface area (Å²) in [6.45, 7) is 5.52. The van der Waals surface area contributed by atoms with Crippen LogP contribution in [0, 0.1) is 0 Å². The van der Waals surface area contributed by atoms with Gasteiger partial charge in [-0.05, 0) is 55.5 Å². The summed E-state index contributed by atoms with van der Waals surface area (Å²) >= 11 is 0. The van der Waals surface area contributed by atoms with Crippen LogP contribution in [0.2, 0.25) is 0 Å². The minimum absolute atomic E-state index is 0.0446. The minimum atomic E-state index is -0.0692. The van der Waals surface area contributed by atoms with E-state index in [1.807, 2.05) is 35.8 Å². The molecule has 184 valence electrons. The Hall–Kier alpha value is -3.58. The summed E-state index contributed by atoms with van der Waals surface area (Å²) in [5.41, 5.74) is 5.61. The molecule has 1 unspecified atom stereocenters. The highest BCUT2D eigenvalue weighted by atomic mass is 16.5. The van der Waals surface area contributed by atoms with Crippen LogP contribution >= 0.6 is 0 Å². The predicted octanol–water partition coefficient (Wildman–Crippen LogP) is 5.37. The number of hydrogen-bond acceptors (Lipinski definition) is 5. The van der Waals surface area contributed by atoms with Crippen LogP contribution in [0.4, 0.5) is 0 Å². The van der Waals surface area contributed by atoms with Crippen molar-refractivity contribution in [3.8, 4) is 5.69 Å². The fourth-order valence-corrected chi connectivity index (χ4v) is 5.26. The molecule has 7 heteroatoms. The van der Waals surface area contributed by atoms with Gasteiger partial charge in [0.05, 0.1) is 23.7 Å². The smallest absolute Gasteiger partial charge is 0.265 e. The quantitative estimate of drug-likeness (QED) is 0.313. The SMILES string of the molecule is CCCCc1ccc(-n2c3nc4ccccc4nc3c3c(=O)n(CC4CCCO4)c(CC)nc32)cc1. The molecule has 5 aromatic rings. The van der Waals surface area contributed by atoms with Crippen molar-refractivity contribution in [3.05, 3.63) is 70.3 Å². The zero-order chi connectivity index (χ0) is 24.6. The first-order chi connectivity index (χ1) is 17.7. The van der Waals surface area contributed by atoms with Crippen LogP contribution in [0.1, 0.15) is 50.9 Å². The number of nitrogens with zero attached hydrogens (tertiary/aromatic N) is 5. The Kier molecular flexibility index (Phi) is 6.01. The van der Waals surface area contributed by atoms with Crippen LogP contribution in [0.3, 0.4) is 0 Å². The summed E-state index contributed by atoms with van der Waals surface area (Å²) in [5, 5.41) is 0.522. The molecule has 0 amide bonds. The van der Waals surface area contributed by atoms with E-state index in [1.54, 1.807) is 4.57 Å². The Morgan fingerprint density at radius 1 is 0.972 bits per heavy atom. The molecule has 0 aliphatic carbocycles. The van der Waals surface area contributed by atoms with Gasteiger partial charge in [-0.25, -0.2) is 15.0 Å². The predicted molar refractivity (Wildman–Crippen MR) is 143 cm³/mol. The summed E-state index contributed by atoms with van der Waals surface area (Å²) in [6, 6.07) is 16.3. The molecule has 2 aromatic carbocycles. The van der Waals surface area contributed by atoms with Crippen molar-refractivity contribution < 1.29 is 4.74 Å². The third-order valence-electron chi connectivity index (χ3n) is 7.18. The van der Waals surface area contributed by atoms with Gasteiger partial charge in [-0.2, -0.15) is 0 Å². The van der Waals surface area contributed by atoms with Crippen LogP contribution < -0.4 is 5.56 Å². The van der Waals surface area contributed by atoms with Crippen molar-refractivity contribution in [3.63, 3.8) is 0 Å². The molecule has 6 rings (SSSR count). The van der Waals surface area contributed by atoms with Gasteiger partial charge in [0.2, 0.25) is 0 Å². The van der Waals surface area contributed by atoms with E-state index in [2.05, 4.69) is 31.2 Å². The van der Waals surface area contributed by atoms with Crippen LogP contribution in [-0.4, -0.2) is 36.8 Å². The normalized spacial score (nSPS) is 16.0. The van der Waals surface area contributed by atoms with Crippen LogP contribution in [0.15, 0.2) is 53.3 Å². The van der Waals surface area contributed by atoms with E-state index in [0.29, 0.717) is 35.2 Å². The maximum atomic E-state index is 14.0. The number of ether oxygens (including phenoxy) is 1. The van der Waals surface area contributed by atoms with Crippen LogP contribution in [-0.2, 0) is 24.1 Å². The molecule has 1 fully saturated rings. The molecule has 1 atom stereocenters. The number of para-hydroxylation sites is 2. The Morgan fingerprint density at radius 3 is 2.44 bits per heavy atom. The zero-order valence-corrected chi connectivity index (χ0v) is 20.9. The van der Waals surface area contributed by atoms with Crippen molar-refractivity contribution in [1.29, 1.82) is 0 Å². The second-order valence-corrected chi connectivity index (χ2v) is 9.62. The third kappa shape index (κ3) is 3.88. The zero-order valence-electron chi connectivity index (χ0n) is 20.9. The number of aryl methyl sites for hydroxylation is 2. The lowest BCUT2D eigenvalue weighted by Gasteiger charge is -2.16. The molecule has 0 N–H and O–H groups in total. The van der Waals surface area contributed by atoms with E-state index in [1.165, 1.54) is 12.0 Å². The number of rotatable bonds is 7. The average molecular weight is 482 g/mol. The Morgan fingerprint density at radius 2 is 1.75 bits per heavy atom. The van der Waals surface area contributed by atoms with Gasteiger partial charge >= 0.3 is 0 Å². The van der Waals surface area contributed by atoms with Gasteiger partial charge in [0.1, 0.15) is 16.7 Å². The Labute approximate surface area is 209 Å². The molecular weight excluding hydrogens is 450 g/mol. The molecule has 1 saturated heterocycles. The highest BCUT2D eigenvalue weighted by Gasteiger charge is 2.25. The number of unbranched alkanes of at least 4 members (excludes halogenated alkanes) is 1. The molecule has 0 saturated carbocycles. The monoisotopic (exact) mass is 481 g/mol. The molecule has 0 radical (unpaired) electrons.